The van der Waals surface area contributed by atoms with Crippen LogP contribution in [0.2, 0.25) is 0 Å². The van der Waals surface area contributed by atoms with Crippen molar-refractivity contribution < 1.29 is 9.26 Å². The van der Waals surface area contributed by atoms with Gasteiger partial charge in [0.15, 0.2) is 12.4 Å². The molecule has 0 aliphatic carbocycles. The Morgan fingerprint density at radius 2 is 2.33 bits per heavy atom. The summed E-state index contributed by atoms with van der Waals surface area (Å²) < 4.78 is 11.1. The van der Waals surface area contributed by atoms with E-state index in [9.17, 15) is 0 Å². The molecule has 112 valence electrons. The predicted octanol–water partition coefficient (Wildman–Crippen LogP) is 3.35. The van der Waals surface area contributed by atoms with E-state index in [1.54, 1.807) is 0 Å². The number of anilines is 1. The van der Waals surface area contributed by atoms with Gasteiger partial charge in [0.1, 0.15) is 5.75 Å². The number of hydrogen-bond donors (Lipinski definition) is 1. The van der Waals surface area contributed by atoms with Gasteiger partial charge >= 0.3 is 0 Å². The third-order valence-corrected chi connectivity index (χ3v) is 3.65. The number of hydrogen-bond acceptors (Lipinski definition) is 5. The molecule has 21 heavy (non-hydrogen) atoms. The zero-order chi connectivity index (χ0) is 14.5. The van der Waals surface area contributed by atoms with Gasteiger partial charge < -0.3 is 14.6 Å². The van der Waals surface area contributed by atoms with E-state index < -0.39 is 0 Å². The lowest BCUT2D eigenvalue weighted by molar-refractivity contribution is 0.243. The van der Waals surface area contributed by atoms with E-state index in [1.807, 2.05) is 12.1 Å². The second-order valence-corrected chi connectivity index (χ2v) is 5.32. The summed E-state index contributed by atoms with van der Waals surface area (Å²) >= 11 is 0. The summed E-state index contributed by atoms with van der Waals surface area (Å²) in [7, 11) is 0. The highest BCUT2D eigenvalue weighted by Crippen LogP contribution is 2.32. The average Bonchev–Trinajstić information content (AvgIpc) is 2.99. The van der Waals surface area contributed by atoms with Crippen molar-refractivity contribution >= 4 is 5.69 Å². The first-order valence-corrected chi connectivity index (χ1v) is 7.67. The molecule has 0 radical (unpaired) electrons. The maximum absolute atomic E-state index is 5.85. The minimum absolute atomic E-state index is 0.317. The topological polar surface area (TPSA) is 60.2 Å². The molecule has 1 aliphatic heterocycles. The number of para-hydroxylation sites is 1. The van der Waals surface area contributed by atoms with Crippen LogP contribution in [0.25, 0.3) is 0 Å². The molecule has 2 aromatic rings. The number of ether oxygens (including phenoxy) is 1. The normalized spacial score (nSPS) is 13.6. The number of aromatic nitrogens is 2. The van der Waals surface area contributed by atoms with Crippen molar-refractivity contribution in [1.82, 2.24) is 10.1 Å². The lowest BCUT2D eigenvalue weighted by Gasteiger charge is -2.20. The van der Waals surface area contributed by atoms with Gasteiger partial charge in [-0.25, -0.2) is 0 Å². The first-order chi connectivity index (χ1) is 10.4. The number of fused-ring (bicyclic) bond motifs is 1. The molecule has 0 fully saturated rings. The van der Waals surface area contributed by atoms with Gasteiger partial charge in [-0.05, 0) is 30.9 Å². The smallest absolute Gasteiger partial charge is 0.264 e. The molecule has 0 saturated carbocycles. The number of unbranched alkanes of at least 4 members (excludes halogenated alkanes) is 1. The summed E-state index contributed by atoms with van der Waals surface area (Å²) in [6.45, 7) is 3.46. The molecule has 0 atom stereocenters. The average molecular weight is 287 g/mol. The van der Waals surface area contributed by atoms with Crippen LogP contribution in [0.15, 0.2) is 22.7 Å². The highest BCUT2D eigenvalue weighted by atomic mass is 16.5. The van der Waals surface area contributed by atoms with Crippen molar-refractivity contribution in [2.24, 2.45) is 0 Å². The molecule has 1 aliphatic rings. The summed E-state index contributed by atoms with van der Waals surface area (Å²) in [5.41, 5.74) is 2.42. The Morgan fingerprint density at radius 1 is 1.38 bits per heavy atom. The van der Waals surface area contributed by atoms with Crippen molar-refractivity contribution in [3.63, 3.8) is 0 Å². The number of aryl methyl sites for hydroxylation is 2. The van der Waals surface area contributed by atoms with Gasteiger partial charge in [-0.3, -0.25) is 0 Å². The zero-order valence-corrected chi connectivity index (χ0v) is 12.4. The lowest BCUT2D eigenvalue weighted by Crippen LogP contribution is -2.13. The van der Waals surface area contributed by atoms with Crippen LogP contribution in [0.3, 0.4) is 0 Å². The summed E-state index contributed by atoms with van der Waals surface area (Å²) in [5, 5.41) is 7.38. The third-order valence-electron chi connectivity index (χ3n) is 3.65. The van der Waals surface area contributed by atoms with Crippen LogP contribution < -0.4 is 10.1 Å². The molecule has 0 amide bonds. The van der Waals surface area contributed by atoms with Crippen molar-refractivity contribution in [2.45, 2.75) is 45.6 Å². The minimum Gasteiger partial charge on any atom is -0.482 e. The second-order valence-electron chi connectivity index (χ2n) is 5.32. The Balaban J connectivity index is 1.64. The monoisotopic (exact) mass is 287 g/mol. The molecule has 0 spiro atoms. The van der Waals surface area contributed by atoms with Gasteiger partial charge in [0.05, 0.1) is 5.69 Å². The quantitative estimate of drug-likeness (QED) is 0.883. The SMILES string of the molecule is CCCCc1noc(COc2cccc3c2NCCC3)n1. The van der Waals surface area contributed by atoms with E-state index >= 15 is 0 Å². The van der Waals surface area contributed by atoms with Gasteiger partial charge in [0.25, 0.3) is 5.89 Å². The molecule has 2 heterocycles. The fourth-order valence-electron chi connectivity index (χ4n) is 2.52. The van der Waals surface area contributed by atoms with Gasteiger partial charge in [0, 0.05) is 13.0 Å². The summed E-state index contributed by atoms with van der Waals surface area (Å²) in [6, 6.07) is 6.15. The van der Waals surface area contributed by atoms with E-state index in [2.05, 4.69) is 28.4 Å². The van der Waals surface area contributed by atoms with E-state index in [0.29, 0.717) is 12.5 Å². The van der Waals surface area contributed by atoms with Crippen LogP contribution in [-0.2, 0) is 19.4 Å². The summed E-state index contributed by atoms with van der Waals surface area (Å²) in [6.07, 6.45) is 5.34. The van der Waals surface area contributed by atoms with E-state index in [-0.39, 0.29) is 0 Å². The summed E-state index contributed by atoms with van der Waals surface area (Å²) in [4.78, 5) is 4.35. The molecular weight excluding hydrogens is 266 g/mol. The minimum atomic E-state index is 0.317. The van der Waals surface area contributed by atoms with Gasteiger partial charge in [-0.15, -0.1) is 0 Å². The Labute approximate surface area is 124 Å². The zero-order valence-electron chi connectivity index (χ0n) is 12.4. The molecule has 5 heteroatoms. The Morgan fingerprint density at radius 3 is 3.24 bits per heavy atom. The number of benzene rings is 1. The van der Waals surface area contributed by atoms with E-state index in [1.165, 1.54) is 12.0 Å². The fraction of sp³-hybridized carbons (Fsp3) is 0.500. The highest BCUT2D eigenvalue weighted by Gasteiger charge is 2.14. The molecule has 1 aromatic heterocycles. The van der Waals surface area contributed by atoms with Crippen LogP contribution in [0.4, 0.5) is 5.69 Å². The molecule has 0 unspecified atom stereocenters. The molecule has 5 nitrogen and oxygen atoms in total. The van der Waals surface area contributed by atoms with Crippen molar-refractivity contribution in [3.05, 3.63) is 35.5 Å². The first-order valence-electron chi connectivity index (χ1n) is 7.67. The van der Waals surface area contributed by atoms with Crippen molar-refractivity contribution in [1.29, 1.82) is 0 Å². The van der Waals surface area contributed by atoms with E-state index in [4.69, 9.17) is 9.26 Å². The van der Waals surface area contributed by atoms with Gasteiger partial charge in [0.2, 0.25) is 0 Å². The maximum atomic E-state index is 5.85. The summed E-state index contributed by atoms with van der Waals surface area (Å²) in [5.74, 6) is 2.17. The van der Waals surface area contributed by atoms with Gasteiger partial charge in [-0.1, -0.05) is 30.6 Å². The van der Waals surface area contributed by atoms with Crippen LogP contribution in [0, 0.1) is 0 Å². The second kappa shape index (κ2) is 6.61. The molecule has 0 saturated heterocycles. The highest BCUT2D eigenvalue weighted by molar-refractivity contribution is 5.63. The molecular formula is C16H21N3O2. The van der Waals surface area contributed by atoms with Crippen LogP contribution in [0.5, 0.6) is 5.75 Å². The Kier molecular flexibility index (Phi) is 4.38. The fourth-order valence-corrected chi connectivity index (χ4v) is 2.52. The number of rotatable bonds is 6. The van der Waals surface area contributed by atoms with Crippen LogP contribution >= 0.6 is 0 Å². The van der Waals surface area contributed by atoms with Gasteiger partial charge in [-0.2, -0.15) is 4.98 Å². The Bertz CT molecular complexity index is 595. The Hall–Kier alpha value is -2.04. The molecule has 3 rings (SSSR count). The number of nitrogens with zero attached hydrogens (tertiary/aromatic N) is 2. The van der Waals surface area contributed by atoms with Crippen LogP contribution in [-0.4, -0.2) is 16.7 Å². The standard InChI is InChI=1S/C16H21N3O2/c1-2-3-9-14-18-15(21-19-14)11-20-13-8-4-6-12-7-5-10-17-16(12)13/h4,6,8,17H,2-3,5,7,9-11H2,1H3. The largest absolute Gasteiger partial charge is 0.482 e. The molecule has 1 N–H and O–H groups in total. The third kappa shape index (κ3) is 3.35. The first kappa shape index (κ1) is 13.9. The predicted molar refractivity (Wildman–Crippen MR) is 80.5 cm³/mol. The van der Waals surface area contributed by atoms with Crippen molar-refractivity contribution in [2.75, 3.05) is 11.9 Å². The lowest BCUT2D eigenvalue weighted by atomic mass is 10.0. The van der Waals surface area contributed by atoms with Crippen LogP contribution in [0.1, 0.15) is 43.5 Å². The molecule has 1 aromatic carbocycles. The van der Waals surface area contributed by atoms with E-state index in [0.717, 1.165) is 49.5 Å². The maximum Gasteiger partial charge on any atom is 0.264 e. The number of nitrogens with one attached hydrogen (secondary N) is 1. The molecule has 0 bridgehead atoms. The van der Waals surface area contributed by atoms with Crippen molar-refractivity contribution in [3.8, 4) is 5.75 Å².